The highest BCUT2D eigenvalue weighted by Gasteiger charge is 2.36. The molecule has 0 spiro atoms. The zero-order valence-corrected chi connectivity index (χ0v) is 15.4. The smallest absolute Gasteiger partial charge is 0.251 e. The molecule has 0 bridgehead atoms. The lowest BCUT2D eigenvalue weighted by atomic mass is 9.83. The number of carbonyl (C=O) groups is 2. The predicted molar refractivity (Wildman–Crippen MR) is 98.2 cm³/mol. The number of ether oxygens (including phenoxy) is 1. The second kappa shape index (κ2) is 8.30. The van der Waals surface area contributed by atoms with Crippen molar-refractivity contribution in [2.45, 2.75) is 32.3 Å². The van der Waals surface area contributed by atoms with Gasteiger partial charge >= 0.3 is 0 Å². The molecule has 0 N–H and O–H groups in total. The molecule has 0 saturated carbocycles. The van der Waals surface area contributed by atoms with Crippen molar-refractivity contribution in [2.24, 2.45) is 0 Å². The average Bonchev–Trinajstić information content (AvgIpc) is 2.65. The maximum Gasteiger partial charge on any atom is 0.251 e. The quantitative estimate of drug-likeness (QED) is 0.744. The van der Waals surface area contributed by atoms with Crippen LogP contribution in [0, 0.1) is 0 Å². The summed E-state index contributed by atoms with van der Waals surface area (Å²) in [6.45, 7) is 11.8. The van der Waals surface area contributed by atoms with Gasteiger partial charge < -0.3 is 14.5 Å². The third kappa shape index (κ3) is 4.48. The van der Waals surface area contributed by atoms with E-state index in [4.69, 9.17) is 4.74 Å². The monoisotopic (exact) mass is 344 g/mol. The Morgan fingerprint density at radius 3 is 2.28 bits per heavy atom. The van der Waals surface area contributed by atoms with Crippen LogP contribution in [0.25, 0.3) is 0 Å². The third-order valence-corrected chi connectivity index (χ3v) is 4.72. The highest BCUT2D eigenvalue weighted by Crippen LogP contribution is 2.26. The van der Waals surface area contributed by atoms with Gasteiger partial charge in [0.2, 0.25) is 5.91 Å². The third-order valence-electron chi connectivity index (χ3n) is 4.72. The molecule has 0 aromatic heterocycles. The first-order valence-electron chi connectivity index (χ1n) is 8.74. The number of rotatable bonds is 6. The van der Waals surface area contributed by atoms with E-state index in [1.165, 1.54) is 0 Å². The highest BCUT2D eigenvalue weighted by atomic mass is 16.5. The van der Waals surface area contributed by atoms with Crippen LogP contribution in [0.2, 0.25) is 0 Å². The van der Waals surface area contributed by atoms with E-state index in [0.29, 0.717) is 32.8 Å². The molecule has 5 heteroatoms. The number of benzene rings is 1. The average molecular weight is 344 g/mol. The molecule has 0 aliphatic carbocycles. The number of amides is 2. The topological polar surface area (TPSA) is 49.9 Å². The van der Waals surface area contributed by atoms with Crippen LogP contribution < -0.4 is 0 Å². The van der Waals surface area contributed by atoms with Crippen LogP contribution in [0.3, 0.4) is 0 Å². The second-order valence-electron chi connectivity index (χ2n) is 6.87. The van der Waals surface area contributed by atoms with E-state index in [0.717, 1.165) is 5.56 Å². The van der Waals surface area contributed by atoms with E-state index < -0.39 is 11.5 Å². The van der Waals surface area contributed by atoms with Crippen LogP contribution in [0.15, 0.2) is 43.0 Å². The van der Waals surface area contributed by atoms with E-state index in [1.807, 2.05) is 49.1 Å². The van der Waals surface area contributed by atoms with Crippen molar-refractivity contribution in [3.05, 3.63) is 48.6 Å². The van der Waals surface area contributed by atoms with Crippen LogP contribution in [-0.4, -0.2) is 60.5 Å². The zero-order valence-electron chi connectivity index (χ0n) is 15.4. The van der Waals surface area contributed by atoms with Crippen LogP contribution in [0.4, 0.5) is 0 Å². The van der Waals surface area contributed by atoms with Crippen LogP contribution in [0.5, 0.6) is 0 Å². The molecular weight excluding hydrogens is 316 g/mol. The molecule has 1 fully saturated rings. The maximum absolute atomic E-state index is 13.0. The Kier molecular flexibility index (Phi) is 6.37. The first-order chi connectivity index (χ1) is 11.9. The summed E-state index contributed by atoms with van der Waals surface area (Å²) in [5, 5.41) is 0. The number of nitrogens with zero attached hydrogens (tertiary/aromatic N) is 2. The predicted octanol–water partition coefficient (Wildman–Crippen LogP) is 2.23. The Balaban J connectivity index is 1.94. The molecule has 1 aliphatic rings. The molecule has 0 radical (unpaired) electrons. The molecule has 1 unspecified atom stereocenters. The molecule has 2 rings (SSSR count). The van der Waals surface area contributed by atoms with E-state index in [2.05, 4.69) is 6.58 Å². The Bertz CT molecular complexity index is 605. The van der Waals surface area contributed by atoms with Gasteiger partial charge in [0.1, 0.15) is 6.10 Å². The summed E-state index contributed by atoms with van der Waals surface area (Å²) in [5.41, 5.74) is 0.429. The number of piperazine rings is 1. The zero-order chi connectivity index (χ0) is 18.4. The van der Waals surface area contributed by atoms with Gasteiger partial charge in [-0.2, -0.15) is 0 Å². The molecule has 1 aromatic carbocycles. The molecule has 25 heavy (non-hydrogen) atoms. The fraction of sp³-hybridized carbons (Fsp3) is 0.500. The normalized spacial score (nSPS) is 16.4. The first kappa shape index (κ1) is 19.2. The lowest BCUT2D eigenvalue weighted by Gasteiger charge is -2.39. The molecule has 136 valence electrons. The number of carbonyl (C=O) groups excluding carboxylic acids is 2. The van der Waals surface area contributed by atoms with Crippen molar-refractivity contribution < 1.29 is 14.3 Å². The fourth-order valence-electron chi connectivity index (χ4n) is 3.04. The van der Waals surface area contributed by atoms with Gasteiger partial charge in [0.15, 0.2) is 0 Å². The van der Waals surface area contributed by atoms with Crippen molar-refractivity contribution in [2.75, 3.05) is 32.8 Å². The molecule has 1 aliphatic heterocycles. The van der Waals surface area contributed by atoms with Crippen LogP contribution >= 0.6 is 0 Å². The van der Waals surface area contributed by atoms with Crippen LogP contribution in [-0.2, 0) is 19.7 Å². The van der Waals surface area contributed by atoms with Gasteiger partial charge in [-0.15, -0.1) is 6.58 Å². The molecule has 1 heterocycles. The lowest BCUT2D eigenvalue weighted by molar-refractivity contribution is -0.148. The largest absolute Gasteiger partial charge is 0.365 e. The standard InChI is InChI=1S/C20H28N2O3/c1-5-15-25-16(2)18(23)21-11-13-22(14-12-21)19(24)20(3,4)17-9-7-6-8-10-17/h5-10,16H,1,11-15H2,2-4H3. The van der Waals surface area contributed by atoms with Crippen molar-refractivity contribution in [3.63, 3.8) is 0 Å². The first-order valence-corrected chi connectivity index (χ1v) is 8.74. The van der Waals surface area contributed by atoms with Gasteiger partial charge in [0.25, 0.3) is 5.91 Å². The SMILES string of the molecule is C=CCOC(C)C(=O)N1CCN(C(=O)C(C)(C)c2ccccc2)CC1. The maximum atomic E-state index is 13.0. The summed E-state index contributed by atoms with van der Waals surface area (Å²) in [6.07, 6.45) is 1.15. The summed E-state index contributed by atoms with van der Waals surface area (Å²) < 4.78 is 5.40. The highest BCUT2D eigenvalue weighted by molar-refractivity contribution is 5.88. The fourth-order valence-corrected chi connectivity index (χ4v) is 3.04. The molecule has 2 amide bonds. The number of hydrogen-bond acceptors (Lipinski definition) is 3. The van der Waals surface area contributed by atoms with Gasteiger partial charge in [0, 0.05) is 26.2 Å². The Labute approximate surface area is 150 Å². The number of hydrogen-bond donors (Lipinski definition) is 0. The Hall–Kier alpha value is -2.14. The summed E-state index contributed by atoms with van der Waals surface area (Å²) in [4.78, 5) is 28.9. The minimum absolute atomic E-state index is 0.0312. The van der Waals surface area contributed by atoms with E-state index in [1.54, 1.807) is 17.9 Å². The molecule has 1 saturated heterocycles. The minimum atomic E-state index is -0.576. The molecule has 1 aromatic rings. The summed E-state index contributed by atoms with van der Waals surface area (Å²) in [6, 6.07) is 9.81. The van der Waals surface area contributed by atoms with Crippen molar-refractivity contribution >= 4 is 11.8 Å². The van der Waals surface area contributed by atoms with E-state index >= 15 is 0 Å². The molecule has 5 nitrogen and oxygen atoms in total. The Morgan fingerprint density at radius 1 is 1.16 bits per heavy atom. The van der Waals surface area contributed by atoms with Gasteiger partial charge in [-0.1, -0.05) is 36.4 Å². The van der Waals surface area contributed by atoms with Gasteiger partial charge in [-0.25, -0.2) is 0 Å². The van der Waals surface area contributed by atoms with E-state index in [9.17, 15) is 9.59 Å². The lowest BCUT2D eigenvalue weighted by Crippen LogP contribution is -2.55. The second-order valence-corrected chi connectivity index (χ2v) is 6.87. The molecular formula is C20H28N2O3. The van der Waals surface area contributed by atoms with Gasteiger partial charge in [-0.3, -0.25) is 9.59 Å². The minimum Gasteiger partial charge on any atom is -0.365 e. The summed E-state index contributed by atoms with van der Waals surface area (Å²) >= 11 is 0. The van der Waals surface area contributed by atoms with Gasteiger partial charge in [-0.05, 0) is 26.3 Å². The van der Waals surface area contributed by atoms with Gasteiger partial charge in [0.05, 0.1) is 12.0 Å². The Morgan fingerprint density at radius 2 is 1.72 bits per heavy atom. The van der Waals surface area contributed by atoms with E-state index in [-0.39, 0.29) is 11.8 Å². The van der Waals surface area contributed by atoms with Crippen molar-refractivity contribution in [1.29, 1.82) is 0 Å². The van der Waals surface area contributed by atoms with Crippen molar-refractivity contribution in [3.8, 4) is 0 Å². The summed E-state index contributed by atoms with van der Waals surface area (Å²) in [5.74, 6) is 0.0676. The molecule has 1 atom stereocenters. The van der Waals surface area contributed by atoms with Crippen LogP contribution in [0.1, 0.15) is 26.3 Å². The summed E-state index contributed by atoms with van der Waals surface area (Å²) in [7, 11) is 0. The van der Waals surface area contributed by atoms with Crippen molar-refractivity contribution in [1.82, 2.24) is 9.80 Å².